The van der Waals surface area contributed by atoms with Crippen molar-refractivity contribution in [2.45, 2.75) is 24.9 Å². The second kappa shape index (κ2) is 5.11. The van der Waals surface area contributed by atoms with E-state index in [-0.39, 0.29) is 5.82 Å². The van der Waals surface area contributed by atoms with Crippen LogP contribution in [0.1, 0.15) is 12.6 Å². The zero-order valence-corrected chi connectivity index (χ0v) is 11.7. The molecule has 3 heterocycles. The van der Waals surface area contributed by atoms with Gasteiger partial charge in [0.1, 0.15) is 17.9 Å². The molecule has 0 aliphatic carbocycles. The summed E-state index contributed by atoms with van der Waals surface area (Å²) in [5, 5.41) is 27.4. The maximum Gasteiger partial charge on any atom is 0.194 e. The molecule has 0 aromatic carbocycles. The highest BCUT2D eigenvalue weighted by Crippen LogP contribution is 2.45. The van der Waals surface area contributed by atoms with Crippen LogP contribution in [0.4, 0.5) is 5.82 Å². The molecule has 0 radical (unpaired) electrons. The van der Waals surface area contributed by atoms with Gasteiger partial charge in [-0.1, -0.05) is 12.0 Å². The van der Waals surface area contributed by atoms with Crippen LogP contribution in [0.5, 0.6) is 0 Å². The van der Waals surface area contributed by atoms with E-state index in [4.69, 9.17) is 16.0 Å². The minimum absolute atomic E-state index is 0.266. The summed E-state index contributed by atoms with van der Waals surface area (Å²) >= 11 is 0. The largest absolute Gasteiger partial charge is 0.394 e. The Morgan fingerprint density at radius 3 is 3.00 bits per heavy atom. The number of hydrogen-bond donors (Lipinski definition) is 3. The van der Waals surface area contributed by atoms with Gasteiger partial charge in [-0.05, 0) is 17.7 Å². The quantitative estimate of drug-likeness (QED) is 0.417. The molecule has 0 spiro atoms. The number of nitrogens with zero attached hydrogens (tertiary/aromatic N) is 6. The molecule has 0 unspecified atom stereocenters. The fourth-order valence-corrected chi connectivity index (χ4v) is 2.86. The van der Waals surface area contributed by atoms with E-state index in [0.29, 0.717) is 11.2 Å². The maximum absolute atomic E-state index is 10.2. The molecule has 3 rings (SSSR count). The van der Waals surface area contributed by atoms with Gasteiger partial charge in [0.05, 0.1) is 18.4 Å². The van der Waals surface area contributed by atoms with Gasteiger partial charge >= 0.3 is 0 Å². The molecular weight excluding hydrogens is 290 g/mol. The Morgan fingerprint density at radius 2 is 2.36 bits per heavy atom. The highest BCUT2D eigenvalue weighted by Gasteiger charge is 2.54. The summed E-state index contributed by atoms with van der Waals surface area (Å²) in [7, 11) is 0. The van der Waals surface area contributed by atoms with E-state index >= 15 is 0 Å². The first-order valence-electron chi connectivity index (χ1n) is 6.67. The summed E-state index contributed by atoms with van der Waals surface area (Å²) in [5.41, 5.74) is 14.2. The summed E-state index contributed by atoms with van der Waals surface area (Å²) in [6.45, 7) is 1.29. The number of rotatable bonds is 3. The minimum atomic E-state index is -1.49. The van der Waals surface area contributed by atoms with Crippen LogP contribution in [-0.4, -0.2) is 43.6 Å². The number of aromatic nitrogens is 3. The number of nitrogen functional groups attached to an aromatic ring is 1. The van der Waals surface area contributed by atoms with E-state index in [2.05, 4.69) is 20.1 Å². The van der Waals surface area contributed by atoms with Crippen molar-refractivity contribution < 1.29 is 14.9 Å². The van der Waals surface area contributed by atoms with Crippen molar-refractivity contribution in [3.05, 3.63) is 34.6 Å². The third-order valence-electron chi connectivity index (χ3n) is 4.06. The number of nitrogens with two attached hydrogens (primary N) is 1. The number of azide groups is 1. The van der Waals surface area contributed by atoms with Gasteiger partial charge in [-0.25, -0.2) is 9.50 Å². The van der Waals surface area contributed by atoms with Crippen molar-refractivity contribution in [1.82, 2.24) is 14.6 Å². The molecule has 10 nitrogen and oxygen atoms in total. The van der Waals surface area contributed by atoms with Gasteiger partial charge in [-0.3, -0.25) is 0 Å². The molecule has 4 atom stereocenters. The summed E-state index contributed by atoms with van der Waals surface area (Å²) in [6, 6.07) is 3.33. The van der Waals surface area contributed by atoms with E-state index in [1.807, 2.05) is 0 Å². The van der Waals surface area contributed by atoms with E-state index in [0.717, 1.165) is 0 Å². The third-order valence-corrected chi connectivity index (χ3v) is 4.06. The molecule has 1 saturated heterocycles. The maximum atomic E-state index is 10.2. The summed E-state index contributed by atoms with van der Waals surface area (Å²) in [6.07, 6.45) is -0.569. The molecule has 1 aliphatic rings. The van der Waals surface area contributed by atoms with Gasteiger partial charge in [-0.2, -0.15) is 5.10 Å². The Hall–Kier alpha value is -2.39. The van der Waals surface area contributed by atoms with Crippen molar-refractivity contribution in [2.75, 3.05) is 12.3 Å². The van der Waals surface area contributed by atoms with Crippen molar-refractivity contribution in [3.8, 4) is 0 Å². The molecular formula is C12H15N7O3. The molecule has 1 fully saturated rings. The van der Waals surface area contributed by atoms with Gasteiger partial charge < -0.3 is 20.7 Å². The fourth-order valence-electron chi connectivity index (χ4n) is 2.86. The Kier molecular flexibility index (Phi) is 3.38. The Balaban J connectivity index is 2.24. The molecule has 1 aliphatic heterocycles. The van der Waals surface area contributed by atoms with Crippen LogP contribution in [0, 0.1) is 5.92 Å². The number of ether oxygens (including phenoxy) is 1. The average molecular weight is 305 g/mol. The predicted molar refractivity (Wildman–Crippen MR) is 75.4 cm³/mol. The summed E-state index contributed by atoms with van der Waals surface area (Å²) < 4.78 is 7.17. The first kappa shape index (κ1) is 14.5. The van der Waals surface area contributed by atoms with Crippen LogP contribution < -0.4 is 5.73 Å². The van der Waals surface area contributed by atoms with Crippen LogP contribution in [-0.2, 0) is 10.5 Å². The topological polar surface area (TPSA) is 155 Å². The Labute approximate surface area is 124 Å². The minimum Gasteiger partial charge on any atom is -0.394 e. The molecule has 0 amide bonds. The van der Waals surface area contributed by atoms with Crippen LogP contribution in [0.25, 0.3) is 16.0 Å². The zero-order valence-electron chi connectivity index (χ0n) is 11.7. The van der Waals surface area contributed by atoms with Crippen LogP contribution >= 0.6 is 0 Å². The summed E-state index contributed by atoms with van der Waals surface area (Å²) in [5.74, 6) is -0.322. The number of anilines is 1. The first-order chi connectivity index (χ1) is 10.5. The standard InChI is InChI=1S/C12H15N7O3/c1-6-10(21)8(4-20)22-12(6,17-18-14)9-3-2-7-11(13)15-5-16-19(7)9/h2-3,5-6,8,10,20-21H,4H2,1H3,(H2,13,15,16)/t6-,8+,10-,12+/m0/s1. The second-order valence-corrected chi connectivity index (χ2v) is 5.16. The van der Waals surface area contributed by atoms with Crippen molar-refractivity contribution >= 4 is 11.3 Å². The SMILES string of the molecule is C[C@H]1[C@H](O)[C@@H](CO)O[C@@]1(N=[N+]=[N-])c1ccc2c(N)ncnn12. The van der Waals surface area contributed by atoms with Crippen molar-refractivity contribution in [3.63, 3.8) is 0 Å². The highest BCUT2D eigenvalue weighted by molar-refractivity contribution is 5.65. The van der Waals surface area contributed by atoms with Gasteiger partial charge in [-0.15, -0.1) is 0 Å². The number of fused-ring (bicyclic) bond motifs is 1. The number of hydrogen-bond acceptors (Lipinski definition) is 7. The Bertz CT molecular complexity index is 756. The van der Waals surface area contributed by atoms with Crippen LogP contribution in [0.3, 0.4) is 0 Å². The van der Waals surface area contributed by atoms with Gasteiger partial charge in [0, 0.05) is 10.8 Å². The lowest BCUT2D eigenvalue weighted by molar-refractivity contribution is -0.0813. The van der Waals surface area contributed by atoms with Gasteiger partial charge in [0.2, 0.25) is 0 Å². The summed E-state index contributed by atoms with van der Waals surface area (Å²) in [4.78, 5) is 6.74. The second-order valence-electron chi connectivity index (χ2n) is 5.16. The lowest BCUT2D eigenvalue weighted by atomic mass is 9.91. The van der Waals surface area contributed by atoms with Gasteiger partial charge in [0.15, 0.2) is 11.5 Å². The van der Waals surface area contributed by atoms with E-state index in [1.165, 1.54) is 10.8 Å². The first-order valence-corrected chi connectivity index (χ1v) is 6.67. The zero-order chi connectivity index (χ0) is 15.9. The molecule has 22 heavy (non-hydrogen) atoms. The number of aliphatic hydroxyl groups is 2. The predicted octanol–water partition coefficient (Wildman–Crippen LogP) is 0.163. The molecule has 10 heteroatoms. The van der Waals surface area contributed by atoms with Crippen LogP contribution in [0.15, 0.2) is 23.6 Å². The van der Waals surface area contributed by atoms with E-state index in [1.54, 1.807) is 19.1 Å². The lowest BCUT2D eigenvalue weighted by Crippen LogP contribution is -2.33. The third kappa shape index (κ3) is 1.82. The fraction of sp³-hybridized carbons (Fsp3) is 0.500. The average Bonchev–Trinajstić information content (AvgIpc) is 3.04. The van der Waals surface area contributed by atoms with Crippen LogP contribution in [0.2, 0.25) is 0 Å². The normalized spacial score (nSPS) is 31.3. The van der Waals surface area contributed by atoms with E-state index in [9.17, 15) is 10.2 Å². The Morgan fingerprint density at radius 1 is 1.59 bits per heavy atom. The number of aliphatic hydroxyl groups excluding tert-OH is 2. The molecule has 4 N–H and O–H groups in total. The molecule has 2 aromatic rings. The van der Waals surface area contributed by atoms with E-state index < -0.39 is 30.5 Å². The van der Waals surface area contributed by atoms with Crippen molar-refractivity contribution in [1.29, 1.82) is 0 Å². The highest BCUT2D eigenvalue weighted by atomic mass is 16.6. The smallest absolute Gasteiger partial charge is 0.194 e. The molecule has 2 aromatic heterocycles. The van der Waals surface area contributed by atoms with Crippen molar-refractivity contribution in [2.24, 2.45) is 11.0 Å². The molecule has 0 bridgehead atoms. The lowest BCUT2D eigenvalue weighted by Gasteiger charge is -2.27. The molecule has 0 saturated carbocycles. The molecule has 116 valence electrons. The monoisotopic (exact) mass is 305 g/mol. The van der Waals surface area contributed by atoms with Gasteiger partial charge in [0.25, 0.3) is 0 Å².